The Kier molecular flexibility index (Phi) is 5.85. The van der Waals surface area contributed by atoms with Crippen molar-refractivity contribution in [3.8, 4) is 5.69 Å². The third kappa shape index (κ3) is 4.71. The van der Waals surface area contributed by atoms with Crippen LogP contribution >= 0.6 is 11.8 Å². The van der Waals surface area contributed by atoms with Crippen molar-refractivity contribution in [1.82, 2.24) is 19.7 Å². The molecule has 4 rings (SSSR count). The van der Waals surface area contributed by atoms with E-state index in [1.165, 1.54) is 17.8 Å². The minimum absolute atomic E-state index is 0.379. The minimum Gasteiger partial charge on any atom is -0.274 e. The van der Waals surface area contributed by atoms with E-state index in [4.69, 9.17) is 0 Å². The average Bonchev–Trinajstić information content (AvgIpc) is 3.15. The minimum atomic E-state index is -4.43. The van der Waals surface area contributed by atoms with E-state index < -0.39 is 11.7 Å². The van der Waals surface area contributed by atoms with Crippen LogP contribution in [0.25, 0.3) is 5.69 Å². The first kappa shape index (κ1) is 20.2. The van der Waals surface area contributed by atoms with Crippen molar-refractivity contribution in [3.63, 3.8) is 0 Å². The molecule has 0 aliphatic carbocycles. The summed E-state index contributed by atoms with van der Waals surface area (Å²) in [5, 5.41) is 9.06. The van der Waals surface area contributed by atoms with Gasteiger partial charge >= 0.3 is 6.18 Å². The second-order valence-corrected chi connectivity index (χ2v) is 7.50. The molecule has 0 atom stereocenters. The highest BCUT2D eigenvalue weighted by Gasteiger charge is 2.31. The van der Waals surface area contributed by atoms with Crippen molar-refractivity contribution >= 4 is 11.8 Å². The molecule has 2 aromatic heterocycles. The van der Waals surface area contributed by atoms with E-state index >= 15 is 0 Å². The second-order valence-electron chi connectivity index (χ2n) is 6.55. The summed E-state index contributed by atoms with van der Waals surface area (Å²) < 4.78 is 41.5. The van der Waals surface area contributed by atoms with E-state index in [0.29, 0.717) is 28.8 Å². The molecular formula is C22H17F3N4S. The van der Waals surface area contributed by atoms with Crippen LogP contribution in [0.4, 0.5) is 13.2 Å². The number of benzene rings is 2. The molecule has 2 aromatic carbocycles. The van der Waals surface area contributed by atoms with Gasteiger partial charge in [0.25, 0.3) is 0 Å². The van der Waals surface area contributed by atoms with Crippen LogP contribution in [0.2, 0.25) is 0 Å². The summed E-state index contributed by atoms with van der Waals surface area (Å²) in [5.41, 5.74) is 1.52. The van der Waals surface area contributed by atoms with E-state index in [1.54, 1.807) is 16.8 Å². The van der Waals surface area contributed by atoms with Gasteiger partial charge in [-0.3, -0.25) is 9.55 Å². The first-order valence-electron chi connectivity index (χ1n) is 9.19. The first-order valence-corrected chi connectivity index (χ1v) is 10.2. The molecule has 0 aliphatic heterocycles. The summed E-state index contributed by atoms with van der Waals surface area (Å²) in [6, 6.07) is 20.5. The Hall–Kier alpha value is -3.13. The second kappa shape index (κ2) is 8.71. The molecule has 152 valence electrons. The fourth-order valence-corrected chi connectivity index (χ4v) is 3.88. The van der Waals surface area contributed by atoms with Crippen molar-refractivity contribution in [2.45, 2.75) is 23.5 Å². The van der Waals surface area contributed by atoms with Crippen LogP contribution in [0.15, 0.2) is 84.1 Å². The standard InChI is InChI=1S/C22H17F3N4S/c23-22(24,25)17-9-6-11-19(14-17)29-20(13-16-7-2-1-3-8-16)27-28-21(29)30-15-18-10-4-5-12-26-18/h1-12,14H,13,15H2. The van der Waals surface area contributed by atoms with Gasteiger partial charge in [-0.15, -0.1) is 10.2 Å². The normalized spacial score (nSPS) is 11.6. The van der Waals surface area contributed by atoms with E-state index in [-0.39, 0.29) is 0 Å². The Bertz CT molecular complexity index is 1110. The molecule has 0 aliphatic rings. The van der Waals surface area contributed by atoms with Crippen LogP contribution in [0.3, 0.4) is 0 Å². The summed E-state index contributed by atoms with van der Waals surface area (Å²) in [5.74, 6) is 1.10. The Morgan fingerprint density at radius 1 is 0.867 bits per heavy atom. The van der Waals surface area contributed by atoms with Crippen molar-refractivity contribution in [3.05, 3.63) is 102 Å². The van der Waals surface area contributed by atoms with Gasteiger partial charge in [0.15, 0.2) is 5.16 Å². The fourth-order valence-electron chi connectivity index (χ4n) is 2.99. The van der Waals surface area contributed by atoms with Crippen molar-refractivity contribution in [1.29, 1.82) is 0 Å². The molecule has 0 radical (unpaired) electrons. The molecule has 0 saturated carbocycles. The maximum atomic E-state index is 13.3. The van der Waals surface area contributed by atoms with Gasteiger partial charge < -0.3 is 0 Å². The Balaban J connectivity index is 1.72. The maximum Gasteiger partial charge on any atom is 0.416 e. The molecule has 4 aromatic rings. The quantitative estimate of drug-likeness (QED) is 0.379. The van der Waals surface area contributed by atoms with Crippen molar-refractivity contribution in [2.24, 2.45) is 0 Å². The highest BCUT2D eigenvalue weighted by Crippen LogP contribution is 2.32. The number of pyridine rings is 1. The third-order valence-corrected chi connectivity index (χ3v) is 5.37. The number of alkyl halides is 3. The number of aromatic nitrogens is 4. The summed E-state index contributed by atoms with van der Waals surface area (Å²) in [7, 11) is 0. The van der Waals surface area contributed by atoms with Crippen LogP contribution in [-0.4, -0.2) is 19.7 Å². The van der Waals surface area contributed by atoms with Crippen molar-refractivity contribution < 1.29 is 13.2 Å². The topological polar surface area (TPSA) is 43.6 Å². The third-order valence-electron chi connectivity index (χ3n) is 4.41. The van der Waals surface area contributed by atoms with Gasteiger partial charge in [-0.25, -0.2) is 0 Å². The number of halogens is 3. The Morgan fingerprint density at radius 2 is 1.67 bits per heavy atom. The van der Waals surface area contributed by atoms with E-state index in [2.05, 4.69) is 15.2 Å². The zero-order valence-corrected chi connectivity index (χ0v) is 16.6. The van der Waals surface area contributed by atoms with Crippen LogP contribution in [0.5, 0.6) is 0 Å². The van der Waals surface area contributed by atoms with E-state index in [0.717, 1.165) is 23.4 Å². The van der Waals surface area contributed by atoms with Crippen molar-refractivity contribution in [2.75, 3.05) is 0 Å². The van der Waals surface area contributed by atoms with Crippen LogP contribution in [0, 0.1) is 0 Å². The largest absolute Gasteiger partial charge is 0.416 e. The van der Waals surface area contributed by atoms with Crippen LogP contribution in [0.1, 0.15) is 22.6 Å². The number of thioether (sulfide) groups is 1. The predicted molar refractivity (Wildman–Crippen MR) is 109 cm³/mol. The Morgan fingerprint density at radius 3 is 2.40 bits per heavy atom. The SMILES string of the molecule is FC(F)(F)c1cccc(-n2c(Cc3ccccc3)nnc2SCc2ccccn2)c1. The molecule has 0 unspecified atom stereocenters. The van der Waals surface area contributed by atoms with E-state index in [9.17, 15) is 13.2 Å². The number of nitrogens with zero attached hydrogens (tertiary/aromatic N) is 4. The van der Waals surface area contributed by atoms with Crippen LogP contribution < -0.4 is 0 Å². The molecule has 4 nitrogen and oxygen atoms in total. The highest BCUT2D eigenvalue weighted by molar-refractivity contribution is 7.98. The first-order chi connectivity index (χ1) is 14.5. The lowest BCUT2D eigenvalue weighted by atomic mass is 10.1. The number of hydrogen-bond donors (Lipinski definition) is 0. The molecule has 0 N–H and O–H groups in total. The van der Waals surface area contributed by atoms with Gasteiger partial charge in [-0.2, -0.15) is 13.2 Å². The van der Waals surface area contributed by atoms with Gasteiger partial charge in [0.1, 0.15) is 5.82 Å². The Labute approximate surface area is 175 Å². The molecule has 8 heteroatoms. The average molecular weight is 426 g/mol. The van der Waals surface area contributed by atoms with Gasteiger partial charge in [0, 0.05) is 18.4 Å². The lowest BCUT2D eigenvalue weighted by Gasteiger charge is -2.13. The summed E-state index contributed by atoms with van der Waals surface area (Å²) in [6.45, 7) is 0. The summed E-state index contributed by atoms with van der Waals surface area (Å²) >= 11 is 1.39. The molecule has 0 bridgehead atoms. The summed E-state index contributed by atoms with van der Waals surface area (Å²) in [4.78, 5) is 4.29. The molecule has 2 heterocycles. The molecule has 0 fully saturated rings. The zero-order chi connectivity index (χ0) is 21.0. The van der Waals surface area contributed by atoms with Gasteiger partial charge in [0.2, 0.25) is 0 Å². The van der Waals surface area contributed by atoms with Crippen LogP contribution in [-0.2, 0) is 18.3 Å². The fraction of sp³-hybridized carbons (Fsp3) is 0.136. The highest BCUT2D eigenvalue weighted by atomic mass is 32.2. The molecular weight excluding hydrogens is 409 g/mol. The lowest BCUT2D eigenvalue weighted by molar-refractivity contribution is -0.137. The molecule has 0 saturated heterocycles. The van der Waals surface area contributed by atoms with Gasteiger partial charge in [-0.05, 0) is 35.9 Å². The number of rotatable bonds is 6. The van der Waals surface area contributed by atoms with Gasteiger partial charge in [0.05, 0.1) is 16.9 Å². The number of hydrogen-bond acceptors (Lipinski definition) is 4. The smallest absolute Gasteiger partial charge is 0.274 e. The predicted octanol–water partition coefficient (Wildman–Crippen LogP) is 5.56. The molecule has 0 spiro atoms. The lowest BCUT2D eigenvalue weighted by Crippen LogP contribution is -2.08. The maximum absolute atomic E-state index is 13.3. The zero-order valence-electron chi connectivity index (χ0n) is 15.8. The molecule has 0 amide bonds. The summed E-state index contributed by atoms with van der Waals surface area (Å²) in [6.07, 6.45) is -2.27. The van der Waals surface area contributed by atoms with E-state index in [1.807, 2.05) is 48.5 Å². The molecule has 30 heavy (non-hydrogen) atoms. The monoisotopic (exact) mass is 426 g/mol. The van der Waals surface area contributed by atoms with Gasteiger partial charge in [-0.1, -0.05) is 54.2 Å².